The number of anilines is 2. The summed E-state index contributed by atoms with van der Waals surface area (Å²) in [5, 5.41) is 29.2. The highest BCUT2D eigenvalue weighted by Gasteiger charge is 2.33. The average Bonchev–Trinajstić information content (AvgIpc) is 3.74. The quantitative estimate of drug-likeness (QED) is 0.290. The van der Waals surface area contributed by atoms with Gasteiger partial charge in [-0.25, -0.2) is 0 Å². The highest BCUT2D eigenvalue weighted by Crippen LogP contribution is 2.29. The molecule has 2 aromatic carbocycles. The van der Waals surface area contributed by atoms with Crippen molar-refractivity contribution in [2.45, 2.75) is 32.1 Å². The third-order valence-electron chi connectivity index (χ3n) is 8.91. The number of nitrogens with zero attached hydrogens (tertiary/aromatic N) is 1. The molecule has 5 atom stereocenters. The fourth-order valence-electron chi connectivity index (χ4n) is 6.57. The fourth-order valence-corrected chi connectivity index (χ4v) is 6.57. The van der Waals surface area contributed by atoms with Crippen molar-refractivity contribution in [3.63, 3.8) is 0 Å². The fraction of sp³-hybridized carbons (Fsp3) is 0.516. The van der Waals surface area contributed by atoms with Crippen molar-refractivity contribution >= 4 is 29.2 Å². The topological polar surface area (TPSA) is 131 Å². The predicted molar refractivity (Wildman–Crippen MR) is 153 cm³/mol. The Morgan fingerprint density at radius 2 is 1.45 bits per heavy atom. The molecule has 5 N–H and O–H groups in total. The van der Waals surface area contributed by atoms with E-state index in [9.17, 15) is 24.6 Å². The highest BCUT2D eigenvalue weighted by molar-refractivity contribution is 5.93. The lowest BCUT2D eigenvalue weighted by Gasteiger charge is -2.22. The van der Waals surface area contributed by atoms with E-state index in [1.54, 1.807) is 0 Å². The number of carboxylic acids is 2. The molecule has 0 spiro atoms. The maximum absolute atomic E-state index is 13.2. The Hall–Kier alpha value is -3.43. The van der Waals surface area contributed by atoms with Crippen molar-refractivity contribution in [2.24, 2.45) is 29.6 Å². The number of carbonyl (C=O) groups is 3. The van der Waals surface area contributed by atoms with Crippen molar-refractivity contribution in [3.8, 4) is 0 Å². The zero-order valence-electron chi connectivity index (χ0n) is 22.9. The lowest BCUT2D eigenvalue weighted by atomic mass is 9.86. The zero-order valence-corrected chi connectivity index (χ0v) is 22.9. The molecule has 3 aliphatic heterocycles. The summed E-state index contributed by atoms with van der Waals surface area (Å²) >= 11 is 0. The van der Waals surface area contributed by atoms with Crippen molar-refractivity contribution in [2.75, 3.05) is 49.5 Å². The summed E-state index contributed by atoms with van der Waals surface area (Å²) in [6.07, 6.45) is 3.44. The normalized spacial score (nSPS) is 24.1. The van der Waals surface area contributed by atoms with Crippen LogP contribution < -0.4 is 20.9 Å². The number of carbonyl (C=O) groups excluding carboxylic acids is 1. The molecule has 3 saturated heterocycles. The average molecular weight is 549 g/mol. The van der Waals surface area contributed by atoms with Gasteiger partial charge in [0.1, 0.15) is 0 Å². The van der Waals surface area contributed by atoms with Gasteiger partial charge >= 0.3 is 11.9 Å². The molecule has 0 aliphatic carbocycles. The van der Waals surface area contributed by atoms with E-state index < -0.39 is 23.8 Å². The van der Waals surface area contributed by atoms with Gasteiger partial charge in [0, 0.05) is 24.5 Å². The van der Waals surface area contributed by atoms with Gasteiger partial charge in [0.2, 0.25) is 5.91 Å². The third-order valence-corrected chi connectivity index (χ3v) is 8.91. The second-order valence-electron chi connectivity index (χ2n) is 11.6. The number of carboxylic acid groups (broad SMARTS) is 2. The van der Waals surface area contributed by atoms with Gasteiger partial charge in [0.15, 0.2) is 0 Å². The number of benzene rings is 2. The molecule has 9 nitrogen and oxygen atoms in total. The Morgan fingerprint density at radius 3 is 2.02 bits per heavy atom. The largest absolute Gasteiger partial charge is 0.481 e. The Balaban J connectivity index is 1.18. The van der Waals surface area contributed by atoms with E-state index in [1.807, 2.05) is 42.5 Å². The van der Waals surface area contributed by atoms with Crippen LogP contribution in [-0.4, -0.2) is 67.3 Å². The molecule has 214 valence electrons. The smallest absolute Gasteiger partial charge is 0.307 e. The first-order valence-electron chi connectivity index (χ1n) is 14.5. The number of nitrogens with one attached hydrogen (secondary N) is 3. The van der Waals surface area contributed by atoms with Gasteiger partial charge in [-0.1, -0.05) is 24.3 Å². The lowest BCUT2D eigenvalue weighted by molar-refractivity contribution is -0.144. The predicted octanol–water partition coefficient (Wildman–Crippen LogP) is 2.86. The molecule has 3 aliphatic rings. The van der Waals surface area contributed by atoms with Gasteiger partial charge in [-0.2, -0.15) is 0 Å². The summed E-state index contributed by atoms with van der Waals surface area (Å²) in [6.45, 7) is 4.56. The van der Waals surface area contributed by atoms with Crippen molar-refractivity contribution in [1.29, 1.82) is 0 Å². The summed E-state index contributed by atoms with van der Waals surface area (Å²) in [5.74, 6) is -2.30. The Labute approximate surface area is 235 Å². The van der Waals surface area contributed by atoms with Crippen LogP contribution >= 0.6 is 0 Å². The van der Waals surface area contributed by atoms with Crippen LogP contribution in [0.25, 0.3) is 0 Å². The van der Waals surface area contributed by atoms with Crippen LogP contribution in [0, 0.1) is 29.6 Å². The third kappa shape index (κ3) is 6.82. The van der Waals surface area contributed by atoms with Crippen LogP contribution in [0.3, 0.4) is 0 Å². The van der Waals surface area contributed by atoms with E-state index >= 15 is 0 Å². The van der Waals surface area contributed by atoms with Gasteiger partial charge in [-0.3, -0.25) is 14.4 Å². The first-order valence-corrected chi connectivity index (χ1v) is 14.5. The van der Waals surface area contributed by atoms with Gasteiger partial charge in [-0.05, 0) is 106 Å². The molecule has 5 rings (SSSR count). The summed E-state index contributed by atoms with van der Waals surface area (Å²) in [6, 6.07) is 15.6. The van der Waals surface area contributed by atoms with Crippen molar-refractivity contribution in [1.82, 2.24) is 10.6 Å². The number of rotatable bonds is 11. The number of hydrogen-bond donors (Lipinski definition) is 5. The van der Waals surface area contributed by atoms with E-state index in [1.165, 1.54) is 0 Å². The summed E-state index contributed by atoms with van der Waals surface area (Å²) in [5.41, 5.74) is 3.63. The van der Waals surface area contributed by atoms with Crippen LogP contribution in [0.2, 0.25) is 0 Å². The van der Waals surface area contributed by atoms with Crippen LogP contribution in [0.1, 0.15) is 30.4 Å². The zero-order chi connectivity index (χ0) is 28.1. The van der Waals surface area contributed by atoms with E-state index in [0.29, 0.717) is 25.1 Å². The lowest BCUT2D eigenvalue weighted by Crippen LogP contribution is -2.28. The second-order valence-corrected chi connectivity index (χ2v) is 11.6. The highest BCUT2D eigenvalue weighted by atomic mass is 16.4. The summed E-state index contributed by atoms with van der Waals surface area (Å²) in [4.78, 5) is 39.2. The van der Waals surface area contributed by atoms with Crippen LogP contribution in [-0.2, 0) is 27.2 Å². The number of amides is 1. The number of hydrogen-bond acceptors (Lipinski definition) is 6. The SMILES string of the molecule is O=C(Nc1cccc(C[C@H](C(=O)O)[C@H]2CCNC2)c1)[C@@H]1CCN(c2cccc(C[C@H](C(=O)O)[C@H]3CCNC3)c2)C1. The summed E-state index contributed by atoms with van der Waals surface area (Å²) < 4.78 is 0. The first kappa shape index (κ1) is 28.1. The van der Waals surface area contributed by atoms with Crippen molar-refractivity contribution in [3.05, 3.63) is 59.7 Å². The minimum atomic E-state index is -0.771. The van der Waals surface area contributed by atoms with E-state index in [-0.39, 0.29) is 23.7 Å². The molecule has 1 amide bonds. The molecular weight excluding hydrogens is 508 g/mol. The standard InChI is InChI=1S/C31H40N4O5/c36-29(34-25-5-1-3-20(13-25)15-27(30(37)38)22-7-10-32-17-22)24-9-12-35(19-24)26-6-2-4-21(14-26)16-28(31(39)40)23-8-11-33-18-23/h1-6,13-14,22-24,27-28,32-33H,7-12,15-19H2,(H,34,36)(H,37,38)(H,39,40)/t22-,23-,24+,27-,28-/m0/s1. The molecule has 0 aromatic heterocycles. The van der Waals surface area contributed by atoms with Crippen LogP contribution in [0.5, 0.6) is 0 Å². The molecule has 0 radical (unpaired) electrons. The van der Waals surface area contributed by atoms with E-state index in [4.69, 9.17) is 0 Å². The molecule has 3 fully saturated rings. The summed E-state index contributed by atoms with van der Waals surface area (Å²) in [7, 11) is 0. The van der Waals surface area contributed by atoms with Gasteiger partial charge in [0.25, 0.3) is 0 Å². The molecule has 0 bridgehead atoms. The Kier molecular flexibility index (Phi) is 9.01. The van der Waals surface area contributed by atoms with Crippen LogP contribution in [0.4, 0.5) is 11.4 Å². The Morgan fingerprint density at radius 1 is 0.850 bits per heavy atom. The van der Waals surface area contributed by atoms with Crippen molar-refractivity contribution < 1.29 is 24.6 Å². The molecule has 40 heavy (non-hydrogen) atoms. The number of aliphatic carboxylic acids is 2. The van der Waals surface area contributed by atoms with Gasteiger partial charge in [0.05, 0.1) is 17.8 Å². The molecule has 9 heteroatoms. The van der Waals surface area contributed by atoms with Crippen LogP contribution in [0.15, 0.2) is 48.5 Å². The molecule has 2 aromatic rings. The molecule has 0 saturated carbocycles. The van der Waals surface area contributed by atoms with Gasteiger partial charge in [-0.15, -0.1) is 0 Å². The molecule has 3 heterocycles. The minimum absolute atomic E-state index is 0.0368. The first-order chi connectivity index (χ1) is 19.4. The maximum Gasteiger partial charge on any atom is 0.307 e. The monoisotopic (exact) mass is 548 g/mol. The molecular formula is C31H40N4O5. The van der Waals surface area contributed by atoms with E-state index in [0.717, 1.165) is 68.8 Å². The maximum atomic E-state index is 13.2. The Bertz CT molecular complexity index is 1210. The van der Waals surface area contributed by atoms with E-state index in [2.05, 4.69) is 26.9 Å². The molecule has 0 unspecified atom stereocenters. The minimum Gasteiger partial charge on any atom is -0.481 e. The van der Waals surface area contributed by atoms with Gasteiger partial charge < -0.3 is 31.1 Å². The second kappa shape index (κ2) is 12.8.